The van der Waals surface area contributed by atoms with Crippen molar-refractivity contribution in [2.24, 2.45) is 0 Å². The number of carbonyl (C=O) groups is 1. The molecule has 0 radical (unpaired) electrons. The fourth-order valence-electron chi connectivity index (χ4n) is 1.69. The molecule has 80 valence electrons. The Bertz CT molecular complexity index is 341. The van der Waals surface area contributed by atoms with Gasteiger partial charge in [-0.3, -0.25) is 9.78 Å². The fourth-order valence-corrected chi connectivity index (χ4v) is 1.69. The average Bonchev–Trinajstić information content (AvgIpc) is 2.29. The Hall–Kier alpha value is -1.49. The van der Waals surface area contributed by atoms with Crippen LogP contribution in [0.15, 0.2) is 18.6 Å². The van der Waals surface area contributed by atoms with Crippen LogP contribution in [0.5, 0.6) is 0 Å². The molecule has 15 heavy (non-hydrogen) atoms. The predicted molar refractivity (Wildman–Crippen MR) is 55.4 cm³/mol. The first-order valence-corrected chi connectivity index (χ1v) is 5.06. The van der Waals surface area contributed by atoms with E-state index < -0.39 is 0 Å². The normalized spacial score (nSPS) is 21.4. The van der Waals surface area contributed by atoms with E-state index in [-0.39, 0.29) is 5.91 Å². The lowest BCUT2D eigenvalue weighted by atomic mass is 10.2. The lowest BCUT2D eigenvalue weighted by molar-refractivity contribution is 0.0702. The number of carbonyl (C=O) groups excluding carboxylic acids is 1. The lowest BCUT2D eigenvalue weighted by Crippen LogP contribution is -2.51. The number of nitrogens with zero attached hydrogens (tertiary/aromatic N) is 3. The molecule has 1 N–H and O–H groups in total. The summed E-state index contributed by atoms with van der Waals surface area (Å²) in [5.41, 5.74) is 0.423. The standard InChI is InChI=1S/C10H14N4O/c1-8-7-14(5-4-12-8)10(15)9-6-11-2-3-13-9/h2-3,6,8,12H,4-5,7H2,1H3. The summed E-state index contributed by atoms with van der Waals surface area (Å²) in [6.45, 7) is 4.37. The van der Waals surface area contributed by atoms with Crippen LogP contribution in [0.3, 0.4) is 0 Å². The second-order valence-corrected chi connectivity index (χ2v) is 3.70. The van der Waals surface area contributed by atoms with Crippen LogP contribution in [0.1, 0.15) is 17.4 Å². The Morgan fingerprint density at radius 1 is 1.60 bits per heavy atom. The van der Waals surface area contributed by atoms with E-state index in [1.54, 1.807) is 12.4 Å². The molecule has 0 aromatic carbocycles. The maximum Gasteiger partial charge on any atom is 0.274 e. The van der Waals surface area contributed by atoms with Crippen LogP contribution < -0.4 is 5.32 Å². The summed E-state index contributed by atoms with van der Waals surface area (Å²) < 4.78 is 0. The summed E-state index contributed by atoms with van der Waals surface area (Å²) in [6.07, 6.45) is 4.62. The van der Waals surface area contributed by atoms with Gasteiger partial charge in [0, 0.05) is 38.1 Å². The van der Waals surface area contributed by atoms with Gasteiger partial charge in [-0.2, -0.15) is 0 Å². The highest BCUT2D eigenvalue weighted by Gasteiger charge is 2.22. The molecule has 5 heteroatoms. The molecule has 1 aromatic rings. The van der Waals surface area contributed by atoms with E-state index in [0.717, 1.165) is 19.6 Å². The van der Waals surface area contributed by atoms with E-state index in [0.29, 0.717) is 11.7 Å². The van der Waals surface area contributed by atoms with Crippen LogP contribution in [0, 0.1) is 0 Å². The zero-order chi connectivity index (χ0) is 10.7. The molecule has 5 nitrogen and oxygen atoms in total. The van der Waals surface area contributed by atoms with Gasteiger partial charge >= 0.3 is 0 Å². The molecule has 1 saturated heterocycles. The third kappa shape index (κ3) is 2.30. The predicted octanol–water partition coefficient (Wildman–Crippen LogP) is -0.0895. The highest BCUT2D eigenvalue weighted by atomic mass is 16.2. The molecule has 1 aliphatic rings. The second-order valence-electron chi connectivity index (χ2n) is 3.70. The van der Waals surface area contributed by atoms with Crippen molar-refractivity contribution in [3.63, 3.8) is 0 Å². The first-order chi connectivity index (χ1) is 7.27. The smallest absolute Gasteiger partial charge is 0.274 e. The van der Waals surface area contributed by atoms with Crippen molar-refractivity contribution in [2.75, 3.05) is 19.6 Å². The molecule has 1 aliphatic heterocycles. The quantitative estimate of drug-likeness (QED) is 0.697. The van der Waals surface area contributed by atoms with E-state index in [1.165, 1.54) is 6.20 Å². The van der Waals surface area contributed by atoms with Gasteiger partial charge in [0.25, 0.3) is 5.91 Å². The number of hydrogen-bond acceptors (Lipinski definition) is 4. The molecular formula is C10H14N4O. The zero-order valence-electron chi connectivity index (χ0n) is 8.68. The Morgan fingerprint density at radius 3 is 3.13 bits per heavy atom. The van der Waals surface area contributed by atoms with Crippen LogP contribution in [-0.2, 0) is 0 Å². The number of rotatable bonds is 1. The maximum absolute atomic E-state index is 11.9. The Labute approximate surface area is 88.5 Å². The monoisotopic (exact) mass is 206 g/mol. The van der Waals surface area contributed by atoms with E-state index in [1.807, 2.05) is 4.90 Å². The molecular weight excluding hydrogens is 192 g/mol. The molecule has 1 fully saturated rings. The molecule has 0 aliphatic carbocycles. The molecule has 0 bridgehead atoms. The summed E-state index contributed by atoms with van der Waals surface area (Å²) in [5.74, 6) is -0.0311. The van der Waals surface area contributed by atoms with Crippen molar-refractivity contribution in [1.82, 2.24) is 20.2 Å². The van der Waals surface area contributed by atoms with Gasteiger partial charge in [0.2, 0.25) is 0 Å². The first kappa shape index (κ1) is 10.0. The molecule has 0 saturated carbocycles. The third-order valence-electron chi connectivity index (χ3n) is 2.44. The van der Waals surface area contributed by atoms with Gasteiger partial charge in [0.15, 0.2) is 0 Å². The second kappa shape index (κ2) is 4.35. The summed E-state index contributed by atoms with van der Waals surface area (Å²) in [4.78, 5) is 21.7. The first-order valence-electron chi connectivity index (χ1n) is 5.06. The van der Waals surface area contributed by atoms with E-state index in [2.05, 4.69) is 22.2 Å². The van der Waals surface area contributed by atoms with Crippen LogP contribution >= 0.6 is 0 Å². The number of hydrogen-bond donors (Lipinski definition) is 1. The lowest BCUT2D eigenvalue weighted by Gasteiger charge is -2.31. The van der Waals surface area contributed by atoms with Crippen molar-refractivity contribution >= 4 is 5.91 Å². The fraction of sp³-hybridized carbons (Fsp3) is 0.500. The average molecular weight is 206 g/mol. The number of aromatic nitrogens is 2. The van der Waals surface area contributed by atoms with E-state index in [4.69, 9.17) is 0 Å². The molecule has 1 aromatic heterocycles. The SMILES string of the molecule is CC1CN(C(=O)c2cnccn2)CCN1. The van der Waals surface area contributed by atoms with Gasteiger partial charge in [-0.25, -0.2) is 4.98 Å². The van der Waals surface area contributed by atoms with Crippen LogP contribution in [0.2, 0.25) is 0 Å². The molecule has 1 unspecified atom stereocenters. The Morgan fingerprint density at radius 2 is 2.47 bits per heavy atom. The van der Waals surface area contributed by atoms with Crippen LogP contribution in [-0.4, -0.2) is 46.5 Å². The highest BCUT2D eigenvalue weighted by Crippen LogP contribution is 2.04. The van der Waals surface area contributed by atoms with Crippen molar-refractivity contribution in [1.29, 1.82) is 0 Å². The highest BCUT2D eigenvalue weighted by molar-refractivity contribution is 5.92. The maximum atomic E-state index is 11.9. The molecule has 0 spiro atoms. The van der Waals surface area contributed by atoms with Gasteiger partial charge in [-0.15, -0.1) is 0 Å². The minimum atomic E-state index is -0.0311. The van der Waals surface area contributed by atoms with Crippen LogP contribution in [0.4, 0.5) is 0 Å². The summed E-state index contributed by atoms with van der Waals surface area (Å²) >= 11 is 0. The van der Waals surface area contributed by atoms with Crippen molar-refractivity contribution in [3.05, 3.63) is 24.3 Å². The van der Waals surface area contributed by atoms with Crippen molar-refractivity contribution in [3.8, 4) is 0 Å². The largest absolute Gasteiger partial charge is 0.334 e. The molecule has 2 heterocycles. The van der Waals surface area contributed by atoms with Gasteiger partial charge in [-0.1, -0.05) is 0 Å². The Kier molecular flexibility index (Phi) is 2.91. The molecule has 1 amide bonds. The summed E-state index contributed by atoms with van der Waals surface area (Å²) in [7, 11) is 0. The minimum absolute atomic E-state index is 0.0311. The topological polar surface area (TPSA) is 58.1 Å². The zero-order valence-corrected chi connectivity index (χ0v) is 8.68. The number of nitrogens with one attached hydrogen (secondary N) is 1. The van der Waals surface area contributed by atoms with Crippen LogP contribution in [0.25, 0.3) is 0 Å². The van der Waals surface area contributed by atoms with E-state index >= 15 is 0 Å². The third-order valence-corrected chi connectivity index (χ3v) is 2.44. The molecule has 1 atom stereocenters. The number of amides is 1. The van der Waals surface area contributed by atoms with Gasteiger partial charge < -0.3 is 10.2 Å². The van der Waals surface area contributed by atoms with Crippen molar-refractivity contribution < 1.29 is 4.79 Å². The summed E-state index contributed by atoms with van der Waals surface area (Å²) in [5, 5.41) is 3.29. The minimum Gasteiger partial charge on any atom is -0.334 e. The van der Waals surface area contributed by atoms with E-state index in [9.17, 15) is 4.79 Å². The summed E-state index contributed by atoms with van der Waals surface area (Å²) in [6, 6.07) is 0.347. The van der Waals surface area contributed by atoms with Gasteiger partial charge in [0.1, 0.15) is 5.69 Å². The van der Waals surface area contributed by atoms with Gasteiger partial charge in [0.05, 0.1) is 6.20 Å². The van der Waals surface area contributed by atoms with Crippen molar-refractivity contribution in [2.45, 2.75) is 13.0 Å². The number of piperazine rings is 1. The van der Waals surface area contributed by atoms with Gasteiger partial charge in [-0.05, 0) is 6.92 Å². The Balaban J connectivity index is 2.08. The molecule has 2 rings (SSSR count).